The predicted octanol–water partition coefficient (Wildman–Crippen LogP) is 4.75. The van der Waals surface area contributed by atoms with Crippen molar-refractivity contribution in [3.8, 4) is 5.75 Å². The van der Waals surface area contributed by atoms with Crippen LogP contribution in [0.4, 0.5) is 5.69 Å². The quantitative estimate of drug-likeness (QED) is 0.591. The molecule has 2 heterocycles. The third-order valence-corrected chi connectivity index (χ3v) is 4.05. The number of ether oxygens (including phenoxy) is 1. The van der Waals surface area contributed by atoms with Crippen LogP contribution in [0.3, 0.4) is 0 Å². The highest BCUT2D eigenvalue weighted by atomic mass is 16.5. The number of carbonyl (C=O) groups is 1. The molecular formula is C19H15NO4. The summed E-state index contributed by atoms with van der Waals surface area (Å²) >= 11 is 0. The Morgan fingerprint density at radius 2 is 1.92 bits per heavy atom. The lowest BCUT2D eigenvalue weighted by Gasteiger charge is -2.10. The topological polar surface area (TPSA) is 64.6 Å². The Morgan fingerprint density at radius 3 is 2.67 bits per heavy atom. The number of fused-ring (bicyclic) bond motifs is 3. The van der Waals surface area contributed by atoms with E-state index in [0.717, 1.165) is 16.4 Å². The number of furan rings is 2. The molecule has 2 aromatic carbocycles. The van der Waals surface area contributed by atoms with Gasteiger partial charge in [0.1, 0.15) is 22.7 Å². The van der Waals surface area contributed by atoms with Crippen molar-refractivity contribution < 1.29 is 18.4 Å². The van der Waals surface area contributed by atoms with Crippen LogP contribution in [0.1, 0.15) is 16.1 Å². The molecule has 5 nitrogen and oxygen atoms in total. The molecule has 4 aromatic rings. The van der Waals surface area contributed by atoms with Crippen LogP contribution in [0.2, 0.25) is 0 Å². The lowest BCUT2D eigenvalue weighted by molar-refractivity contribution is 0.102. The minimum atomic E-state index is -0.255. The van der Waals surface area contributed by atoms with Gasteiger partial charge in [-0.3, -0.25) is 4.79 Å². The van der Waals surface area contributed by atoms with Crippen molar-refractivity contribution in [1.29, 1.82) is 0 Å². The standard InChI is InChI=1S/C19H15NO4/c1-11-12(7-8-23-11)19(21)20-15-10-17-14(9-18(15)22-2)13-5-3-4-6-16(13)24-17/h3-10H,1-2H3,(H,20,21). The maximum Gasteiger partial charge on any atom is 0.259 e. The maximum atomic E-state index is 12.4. The zero-order valence-corrected chi connectivity index (χ0v) is 13.3. The van der Waals surface area contributed by atoms with Gasteiger partial charge >= 0.3 is 0 Å². The normalized spacial score (nSPS) is 11.1. The van der Waals surface area contributed by atoms with Gasteiger partial charge in [-0.1, -0.05) is 18.2 Å². The maximum absolute atomic E-state index is 12.4. The number of nitrogens with one attached hydrogen (secondary N) is 1. The van der Waals surface area contributed by atoms with Crippen molar-refractivity contribution in [2.75, 3.05) is 12.4 Å². The molecule has 0 bridgehead atoms. The monoisotopic (exact) mass is 321 g/mol. The number of methoxy groups -OCH3 is 1. The Labute approximate surface area is 137 Å². The molecule has 0 atom stereocenters. The minimum Gasteiger partial charge on any atom is -0.495 e. The number of para-hydroxylation sites is 1. The van der Waals surface area contributed by atoms with Crippen molar-refractivity contribution in [2.45, 2.75) is 6.92 Å². The lowest BCUT2D eigenvalue weighted by Crippen LogP contribution is -2.12. The molecule has 1 amide bonds. The Morgan fingerprint density at radius 1 is 1.08 bits per heavy atom. The van der Waals surface area contributed by atoms with Crippen LogP contribution >= 0.6 is 0 Å². The Hall–Kier alpha value is -3.21. The van der Waals surface area contributed by atoms with Gasteiger partial charge in [0.15, 0.2) is 0 Å². The number of anilines is 1. The number of benzene rings is 2. The van der Waals surface area contributed by atoms with E-state index in [-0.39, 0.29) is 5.91 Å². The largest absolute Gasteiger partial charge is 0.495 e. The van der Waals surface area contributed by atoms with Gasteiger partial charge in [-0.25, -0.2) is 0 Å². The summed E-state index contributed by atoms with van der Waals surface area (Å²) in [5, 5.41) is 4.81. The van der Waals surface area contributed by atoms with Crippen LogP contribution in [0.5, 0.6) is 5.75 Å². The molecule has 0 unspecified atom stereocenters. The van der Waals surface area contributed by atoms with Crippen LogP contribution in [0.15, 0.2) is 57.6 Å². The van der Waals surface area contributed by atoms with E-state index in [1.807, 2.05) is 30.3 Å². The van der Waals surface area contributed by atoms with Gasteiger partial charge in [-0.15, -0.1) is 0 Å². The van der Waals surface area contributed by atoms with Gasteiger partial charge in [-0.2, -0.15) is 0 Å². The van der Waals surface area contributed by atoms with Crippen LogP contribution in [0, 0.1) is 6.92 Å². The zero-order valence-electron chi connectivity index (χ0n) is 13.3. The first-order chi connectivity index (χ1) is 11.7. The van der Waals surface area contributed by atoms with Crippen LogP contribution in [0.25, 0.3) is 21.9 Å². The average molecular weight is 321 g/mol. The molecule has 0 aliphatic rings. The zero-order chi connectivity index (χ0) is 16.7. The summed E-state index contributed by atoms with van der Waals surface area (Å²) in [4.78, 5) is 12.4. The molecule has 0 saturated carbocycles. The van der Waals surface area contributed by atoms with E-state index in [9.17, 15) is 4.79 Å². The average Bonchev–Trinajstić information content (AvgIpc) is 3.17. The smallest absolute Gasteiger partial charge is 0.259 e. The summed E-state index contributed by atoms with van der Waals surface area (Å²) in [7, 11) is 1.57. The van der Waals surface area contributed by atoms with Crippen LogP contribution in [-0.4, -0.2) is 13.0 Å². The third kappa shape index (κ3) is 2.22. The van der Waals surface area contributed by atoms with Crippen LogP contribution < -0.4 is 10.1 Å². The third-order valence-electron chi connectivity index (χ3n) is 4.05. The van der Waals surface area contributed by atoms with Gasteiger partial charge in [0, 0.05) is 16.8 Å². The Kier molecular flexibility index (Phi) is 3.27. The first-order valence-corrected chi connectivity index (χ1v) is 7.52. The van der Waals surface area contributed by atoms with Crippen LogP contribution in [-0.2, 0) is 0 Å². The fraction of sp³-hybridized carbons (Fsp3) is 0.105. The molecular weight excluding hydrogens is 306 g/mol. The van der Waals surface area contributed by atoms with Gasteiger partial charge in [0.05, 0.1) is 24.6 Å². The van der Waals surface area contributed by atoms with Crippen molar-refractivity contribution in [2.24, 2.45) is 0 Å². The fourth-order valence-electron chi connectivity index (χ4n) is 2.83. The molecule has 0 radical (unpaired) electrons. The number of aryl methyl sites for hydroxylation is 1. The number of rotatable bonds is 3. The Balaban J connectivity index is 1.81. The second kappa shape index (κ2) is 5.45. The minimum absolute atomic E-state index is 0.255. The molecule has 5 heteroatoms. The van der Waals surface area contributed by atoms with Crippen molar-refractivity contribution >= 4 is 33.5 Å². The highest BCUT2D eigenvalue weighted by molar-refractivity contribution is 6.10. The molecule has 120 valence electrons. The van der Waals surface area contributed by atoms with Crippen molar-refractivity contribution in [3.05, 3.63) is 60.1 Å². The lowest BCUT2D eigenvalue weighted by atomic mass is 10.1. The van der Waals surface area contributed by atoms with E-state index in [1.54, 1.807) is 26.2 Å². The molecule has 0 aliphatic heterocycles. The summed E-state index contributed by atoms with van der Waals surface area (Å²) in [5.41, 5.74) is 2.52. The molecule has 2 aromatic heterocycles. The number of hydrogen-bond donors (Lipinski definition) is 1. The highest BCUT2D eigenvalue weighted by Gasteiger charge is 2.16. The van der Waals surface area contributed by atoms with Crippen molar-refractivity contribution in [1.82, 2.24) is 0 Å². The van der Waals surface area contributed by atoms with E-state index in [2.05, 4.69) is 5.32 Å². The highest BCUT2D eigenvalue weighted by Crippen LogP contribution is 2.36. The molecule has 0 saturated heterocycles. The summed E-state index contributed by atoms with van der Waals surface area (Å²) < 4.78 is 16.5. The van der Waals surface area contributed by atoms with Gasteiger partial charge in [0.2, 0.25) is 0 Å². The Bertz CT molecular complexity index is 1060. The number of amides is 1. The van der Waals surface area contributed by atoms with Crippen molar-refractivity contribution in [3.63, 3.8) is 0 Å². The molecule has 0 fully saturated rings. The van der Waals surface area contributed by atoms with Gasteiger partial charge in [0.25, 0.3) is 5.91 Å². The fourth-order valence-corrected chi connectivity index (χ4v) is 2.83. The molecule has 1 N–H and O–H groups in total. The second-order valence-electron chi connectivity index (χ2n) is 5.49. The van der Waals surface area contributed by atoms with Gasteiger partial charge < -0.3 is 18.9 Å². The second-order valence-corrected chi connectivity index (χ2v) is 5.49. The van der Waals surface area contributed by atoms with E-state index in [1.165, 1.54) is 6.26 Å². The first-order valence-electron chi connectivity index (χ1n) is 7.52. The van der Waals surface area contributed by atoms with E-state index in [0.29, 0.717) is 28.3 Å². The molecule has 24 heavy (non-hydrogen) atoms. The van der Waals surface area contributed by atoms with Gasteiger partial charge in [-0.05, 0) is 25.1 Å². The summed E-state index contributed by atoms with van der Waals surface area (Å²) in [6.45, 7) is 1.74. The molecule has 0 aliphatic carbocycles. The summed E-state index contributed by atoms with van der Waals surface area (Å²) in [6, 6.07) is 13.1. The predicted molar refractivity (Wildman–Crippen MR) is 91.7 cm³/mol. The number of hydrogen-bond acceptors (Lipinski definition) is 4. The molecule has 4 rings (SSSR count). The number of carbonyl (C=O) groups excluding carboxylic acids is 1. The van der Waals surface area contributed by atoms with E-state index < -0.39 is 0 Å². The van der Waals surface area contributed by atoms with E-state index >= 15 is 0 Å². The molecule has 0 spiro atoms. The summed E-state index contributed by atoms with van der Waals surface area (Å²) in [6.07, 6.45) is 1.49. The summed E-state index contributed by atoms with van der Waals surface area (Å²) in [5.74, 6) is 0.884. The SMILES string of the molecule is COc1cc2c(cc1NC(=O)c1ccoc1C)oc1ccccc12. The first kappa shape index (κ1) is 14.4. The van der Waals surface area contributed by atoms with E-state index in [4.69, 9.17) is 13.6 Å².